The van der Waals surface area contributed by atoms with Gasteiger partial charge in [-0.2, -0.15) is 0 Å². The molecule has 3 heteroatoms. The lowest BCUT2D eigenvalue weighted by Gasteiger charge is -2.05. The molecule has 0 aliphatic heterocycles. The largest absolute Gasteiger partial charge is 0.508 e. The summed E-state index contributed by atoms with van der Waals surface area (Å²) in [7, 11) is 0. The van der Waals surface area contributed by atoms with Gasteiger partial charge in [0.25, 0.3) is 0 Å². The number of hydrogen-bond donors (Lipinski definition) is 2. The van der Waals surface area contributed by atoms with Gasteiger partial charge in [0.1, 0.15) is 5.75 Å². The van der Waals surface area contributed by atoms with Crippen molar-refractivity contribution >= 4 is 5.97 Å². The van der Waals surface area contributed by atoms with Gasteiger partial charge in [-0.15, -0.1) is 0 Å². The molecule has 0 saturated heterocycles. The monoisotopic (exact) mass is 178 g/mol. The van der Waals surface area contributed by atoms with E-state index in [1.165, 1.54) is 0 Å². The second-order valence-electron chi connectivity index (χ2n) is 3.27. The first-order valence-corrected chi connectivity index (χ1v) is 4.23. The topological polar surface area (TPSA) is 57.5 Å². The summed E-state index contributed by atoms with van der Waals surface area (Å²) in [6.07, 6.45) is 1.27. The maximum atomic E-state index is 10.8. The number of phenols is 1. The first-order valence-electron chi connectivity index (χ1n) is 4.23. The van der Waals surface area contributed by atoms with Gasteiger partial charge in [-0.25, -0.2) is 0 Å². The number of phenolic OH excluding ortho intramolecular Hbond substituents is 1. The summed E-state index contributed by atoms with van der Waals surface area (Å²) in [4.78, 5) is 10.8. The van der Waals surface area contributed by atoms with Crippen LogP contribution in [-0.2, 0) is 11.2 Å². The SMILES string of the molecule is O=C(O)[C@@H]1CCc2c(O)cccc21. The fraction of sp³-hybridized carbons (Fsp3) is 0.300. The summed E-state index contributed by atoms with van der Waals surface area (Å²) >= 11 is 0. The van der Waals surface area contributed by atoms with Gasteiger partial charge in [-0.1, -0.05) is 12.1 Å². The summed E-state index contributed by atoms with van der Waals surface area (Å²) in [5.41, 5.74) is 1.57. The maximum absolute atomic E-state index is 10.8. The third kappa shape index (κ3) is 1.16. The van der Waals surface area contributed by atoms with Crippen LogP contribution >= 0.6 is 0 Å². The minimum absolute atomic E-state index is 0.223. The average molecular weight is 178 g/mol. The molecular formula is C10H10O3. The summed E-state index contributed by atoms with van der Waals surface area (Å²) in [6.45, 7) is 0. The lowest BCUT2D eigenvalue weighted by Crippen LogP contribution is -2.07. The Labute approximate surface area is 75.6 Å². The van der Waals surface area contributed by atoms with Crippen molar-refractivity contribution in [3.63, 3.8) is 0 Å². The quantitative estimate of drug-likeness (QED) is 0.685. The Kier molecular flexibility index (Phi) is 1.72. The second kappa shape index (κ2) is 2.76. The molecule has 0 radical (unpaired) electrons. The van der Waals surface area contributed by atoms with Crippen molar-refractivity contribution in [2.45, 2.75) is 18.8 Å². The van der Waals surface area contributed by atoms with E-state index < -0.39 is 11.9 Å². The van der Waals surface area contributed by atoms with Crippen molar-refractivity contribution < 1.29 is 15.0 Å². The number of aromatic hydroxyl groups is 1. The van der Waals surface area contributed by atoms with Crippen LogP contribution in [0, 0.1) is 0 Å². The predicted octanol–water partition coefficient (Wildman–Crippen LogP) is 1.51. The molecule has 1 aromatic carbocycles. The number of rotatable bonds is 1. The second-order valence-corrected chi connectivity index (χ2v) is 3.27. The number of carbonyl (C=O) groups is 1. The maximum Gasteiger partial charge on any atom is 0.310 e. The van der Waals surface area contributed by atoms with E-state index in [0.29, 0.717) is 12.8 Å². The Morgan fingerprint density at radius 3 is 2.92 bits per heavy atom. The van der Waals surface area contributed by atoms with Crippen LogP contribution in [0.1, 0.15) is 23.5 Å². The molecular weight excluding hydrogens is 168 g/mol. The summed E-state index contributed by atoms with van der Waals surface area (Å²) in [5.74, 6) is -1.01. The smallest absolute Gasteiger partial charge is 0.310 e. The molecule has 0 spiro atoms. The van der Waals surface area contributed by atoms with Gasteiger partial charge in [-0.3, -0.25) is 4.79 Å². The Balaban J connectivity index is 2.49. The molecule has 2 N–H and O–H groups in total. The van der Waals surface area contributed by atoms with Crippen molar-refractivity contribution in [1.82, 2.24) is 0 Å². The highest BCUT2D eigenvalue weighted by Crippen LogP contribution is 2.37. The van der Waals surface area contributed by atoms with Gasteiger partial charge in [0.15, 0.2) is 0 Å². The number of fused-ring (bicyclic) bond motifs is 1. The number of carboxylic acids is 1. The molecule has 0 saturated carbocycles. The highest BCUT2D eigenvalue weighted by Gasteiger charge is 2.29. The van der Waals surface area contributed by atoms with Crippen molar-refractivity contribution in [2.24, 2.45) is 0 Å². The number of hydrogen-bond acceptors (Lipinski definition) is 2. The summed E-state index contributed by atoms with van der Waals surface area (Å²) < 4.78 is 0. The molecule has 1 aliphatic rings. The van der Waals surface area contributed by atoms with Crippen molar-refractivity contribution in [2.75, 3.05) is 0 Å². The Morgan fingerprint density at radius 1 is 1.46 bits per heavy atom. The Bertz CT molecular complexity index is 357. The highest BCUT2D eigenvalue weighted by atomic mass is 16.4. The van der Waals surface area contributed by atoms with E-state index in [0.717, 1.165) is 11.1 Å². The first kappa shape index (κ1) is 8.10. The van der Waals surface area contributed by atoms with Gasteiger partial charge in [0.2, 0.25) is 0 Å². The van der Waals surface area contributed by atoms with Gasteiger partial charge < -0.3 is 10.2 Å². The van der Waals surface area contributed by atoms with Crippen LogP contribution in [0.4, 0.5) is 0 Å². The van der Waals surface area contributed by atoms with Crippen LogP contribution in [0.3, 0.4) is 0 Å². The third-order valence-electron chi connectivity index (χ3n) is 2.54. The lowest BCUT2D eigenvalue weighted by atomic mass is 10.0. The van der Waals surface area contributed by atoms with Crippen LogP contribution in [0.2, 0.25) is 0 Å². The molecule has 1 aliphatic carbocycles. The molecule has 0 aromatic heterocycles. The van der Waals surface area contributed by atoms with Gasteiger partial charge in [-0.05, 0) is 30.0 Å². The molecule has 0 amide bonds. The fourth-order valence-corrected chi connectivity index (χ4v) is 1.89. The Morgan fingerprint density at radius 2 is 2.23 bits per heavy atom. The van der Waals surface area contributed by atoms with E-state index in [4.69, 9.17) is 5.11 Å². The normalized spacial score (nSPS) is 19.8. The molecule has 1 aromatic rings. The number of benzene rings is 1. The van der Waals surface area contributed by atoms with E-state index in [1.807, 2.05) is 0 Å². The zero-order valence-corrected chi connectivity index (χ0v) is 7.03. The fourth-order valence-electron chi connectivity index (χ4n) is 1.89. The van der Waals surface area contributed by atoms with Crippen LogP contribution in [0.5, 0.6) is 5.75 Å². The van der Waals surface area contributed by atoms with Gasteiger partial charge >= 0.3 is 5.97 Å². The zero-order valence-electron chi connectivity index (χ0n) is 7.03. The predicted molar refractivity (Wildman–Crippen MR) is 46.8 cm³/mol. The summed E-state index contributed by atoms with van der Waals surface area (Å²) in [5, 5.41) is 18.3. The highest BCUT2D eigenvalue weighted by molar-refractivity contribution is 5.78. The van der Waals surface area contributed by atoms with E-state index in [2.05, 4.69) is 0 Å². The van der Waals surface area contributed by atoms with Crippen molar-refractivity contribution in [3.05, 3.63) is 29.3 Å². The summed E-state index contributed by atoms with van der Waals surface area (Å²) in [6, 6.07) is 5.07. The van der Waals surface area contributed by atoms with Gasteiger partial charge in [0.05, 0.1) is 5.92 Å². The average Bonchev–Trinajstić information content (AvgIpc) is 2.48. The van der Waals surface area contributed by atoms with E-state index in [-0.39, 0.29) is 5.75 Å². The third-order valence-corrected chi connectivity index (χ3v) is 2.54. The molecule has 13 heavy (non-hydrogen) atoms. The van der Waals surface area contributed by atoms with Gasteiger partial charge in [0, 0.05) is 0 Å². The molecule has 68 valence electrons. The minimum Gasteiger partial charge on any atom is -0.508 e. The van der Waals surface area contributed by atoms with Crippen LogP contribution < -0.4 is 0 Å². The molecule has 0 fully saturated rings. The molecule has 2 rings (SSSR count). The standard InChI is InChI=1S/C10H10O3/c11-9-3-1-2-6-7(9)4-5-8(6)10(12)13/h1-3,8,11H,4-5H2,(H,12,13)/t8-/m1/s1. The lowest BCUT2D eigenvalue weighted by molar-refractivity contribution is -0.138. The van der Waals surface area contributed by atoms with Crippen LogP contribution in [0.15, 0.2) is 18.2 Å². The van der Waals surface area contributed by atoms with E-state index in [9.17, 15) is 9.90 Å². The van der Waals surface area contributed by atoms with Crippen molar-refractivity contribution in [3.8, 4) is 5.75 Å². The molecule has 0 unspecified atom stereocenters. The number of aliphatic carboxylic acids is 1. The van der Waals surface area contributed by atoms with E-state index >= 15 is 0 Å². The van der Waals surface area contributed by atoms with Crippen LogP contribution in [-0.4, -0.2) is 16.2 Å². The number of carboxylic acid groups (broad SMARTS) is 1. The minimum atomic E-state index is -0.802. The molecule has 1 atom stereocenters. The van der Waals surface area contributed by atoms with Crippen molar-refractivity contribution in [1.29, 1.82) is 0 Å². The van der Waals surface area contributed by atoms with E-state index in [1.54, 1.807) is 18.2 Å². The molecule has 0 heterocycles. The van der Waals surface area contributed by atoms with Crippen LogP contribution in [0.25, 0.3) is 0 Å². The molecule has 3 nitrogen and oxygen atoms in total. The first-order chi connectivity index (χ1) is 6.20. The Hall–Kier alpha value is -1.51. The zero-order chi connectivity index (χ0) is 9.42. The molecule has 0 bridgehead atoms.